The Morgan fingerprint density at radius 1 is 1.11 bits per heavy atom. The number of piperidine rings is 1. The predicted octanol–water partition coefficient (Wildman–Crippen LogP) is 4.69. The van der Waals surface area contributed by atoms with Gasteiger partial charge in [0.15, 0.2) is 0 Å². The van der Waals surface area contributed by atoms with Crippen LogP contribution in [0.1, 0.15) is 41.2 Å². The number of ether oxygens (including phenoxy) is 1. The number of nitrogens with one attached hydrogen (secondary N) is 2. The minimum Gasteiger partial charge on any atom is -0.450 e. The van der Waals surface area contributed by atoms with Gasteiger partial charge in [-0.15, -0.1) is 11.3 Å². The smallest absolute Gasteiger partial charge is 0.415 e. The van der Waals surface area contributed by atoms with Crippen molar-refractivity contribution >= 4 is 40.7 Å². The fourth-order valence-corrected chi connectivity index (χ4v) is 4.91. The maximum absolute atomic E-state index is 13.0. The summed E-state index contributed by atoms with van der Waals surface area (Å²) in [6, 6.07) is 14.6. The third-order valence-corrected chi connectivity index (χ3v) is 6.77. The van der Waals surface area contributed by atoms with Crippen LogP contribution < -0.4 is 16.4 Å². The van der Waals surface area contributed by atoms with Gasteiger partial charge < -0.3 is 20.7 Å². The standard InChI is InChI=1S/C25H27N5O4S/c1-2-34-25(33)29-24(32)30-13-11-17(12-14-30)23-28-21(15-35-23)22(31)27-20-6-4-3-5-19(20)16-7-9-18(26)10-8-16/h3-10,15,17H,2,11-14,26H2,1H3,(H,27,31)(H,29,32,33). The van der Waals surface area contributed by atoms with Crippen LogP contribution in [0, 0.1) is 0 Å². The Balaban J connectivity index is 1.37. The second-order valence-electron chi connectivity index (χ2n) is 8.10. The van der Waals surface area contributed by atoms with Crippen LogP contribution in [0.2, 0.25) is 0 Å². The first-order chi connectivity index (χ1) is 16.9. The first-order valence-corrected chi connectivity index (χ1v) is 12.3. The molecule has 1 fully saturated rings. The van der Waals surface area contributed by atoms with Gasteiger partial charge in [0.2, 0.25) is 0 Å². The molecule has 0 unspecified atom stereocenters. The van der Waals surface area contributed by atoms with Crippen molar-refractivity contribution in [2.24, 2.45) is 0 Å². The maximum Gasteiger partial charge on any atom is 0.415 e. The predicted molar refractivity (Wildman–Crippen MR) is 135 cm³/mol. The fourth-order valence-electron chi connectivity index (χ4n) is 3.94. The van der Waals surface area contributed by atoms with Crippen molar-refractivity contribution in [2.75, 3.05) is 30.7 Å². The van der Waals surface area contributed by atoms with Crippen LogP contribution in [0.3, 0.4) is 0 Å². The zero-order valence-electron chi connectivity index (χ0n) is 19.3. The van der Waals surface area contributed by atoms with Crippen molar-refractivity contribution in [3.8, 4) is 11.1 Å². The van der Waals surface area contributed by atoms with Crippen molar-refractivity contribution in [3.63, 3.8) is 0 Å². The number of carbonyl (C=O) groups excluding carboxylic acids is 3. The van der Waals surface area contributed by atoms with E-state index in [0.717, 1.165) is 16.1 Å². The van der Waals surface area contributed by atoms with E-state index in [1.54, 1.807) is 17.2 Å². The van der Waals surface area contributed by atoms with Gasteiger partial charge in [0, 0.05) is 41.3 Å². The minimum absolute atomic E-state index is 0.148. The van der Waals surface area contributed by atoms with Crippen LogP contribution in [-0.4, -0.2) is 47.6 Å². The molecule has 10 heteroatoms. The Kier molecular flexibility index (Phi) is 7.61. The SMILES string of the molecule is CCOC(=O)NC(=O)N1CCC(c2nc(C(=O)Nc3ccccc3-c3ccc(N)cc3)cs2)CC1. The molecule has 0 saturated carbocycles. The summed E-state index contributed by atoms with van der Waals surface area (Å²) in [5.41, 5.74) is 9.37. The summed E-state index contributed by atoms with van der Waals surface area (Å²) in [6.07, 6.45) is 0.656. The average Bonchev–Trinajstić information content (AvgIpc) is 3.36. The molecule has 0 aliphatic carbocycles. The minimum atomic E-state index is -0.742. The number of thiazole rings is 1. The summed E-state index contributed by atoms with van der Waals surface area (Å²) < 4.78 is 4.75. The number of alkyl carbamates (subject to hydrolysis) is 1. The number of carbonyl (C=O) groups is 3. The number of para-hydroxylation sites is 1. The molecule has 35 heavy (non-hydrogen) atoms. The van der Waals surface area contributed by atoms with Gasteiger partial charge >= 0.3 is 12.1 Å². The number of nitrogens with two attached hydrogens (primary N) is 1. The highest BCUT2D eigenvalue weighted by atomic mass is 32.1. The number of hydrogen-bond acceptors (Lipinski definition) is 7. The van der Waals surface area contributed by atoms with Crippen molar-refractivity contribution in [1.29, 1.82) is 0 Å². The molecule has 2 heterocycles. The molecule has 2 aromatic carbocycles. The monoisotopic (exact) mass is 493 g/mol. The highest BCUT2D eigenvalue weighted by Crippen LogP contribution is 2.32. The van der Waals surface area contributed by atoms with E-state index in [1.807, 2.05) is 48.5 Å². The summed E-state index contributed by atoms with van der Waals surface area (Å²) >= 11 is 1.44. The quantitative estimate of drug-likeness (QED) is 0.443. The number of amides is 4. The van der Waals surface area contributed by atoms with E-state index in [-0.39, 0.29) is 18.4 Å². The van der Waals surface area contributed by atoms with Gasteiger partial charge in [-0.25, -0.2) is 19.9 Å². The Bertz CT molecular complexity index is 1200. The Hall–Kier alpha value is -3.92. The van der Waals surface area contributed by atoms with Crippen LogP contribution in [0.15, 0.2) is 53.9 Å². The number of rotatable bonds is 5. The second-order valence-corrected chi connectivity index (χ2v) is 8.99. The lowest BCUT2D eigenvalue weighted by molar-refractivity contribution is 0.102. The Morgan fingerprint density at radius 2 is 1.83 bits per heavy atom. The van der Waals surface area contributed by atoms with E-state index in [4.69, 9.17) is 10.5 Å². The van der Waals surface area contributed by atoms with Crippen LogP contribution in [0.25, 0.3) is 11.1 Å². The van der Waals surface area contributed by atoms with Crippen molar-refractivity contribution < 1.29 is 19.1 Å². The van der Waals surface area contributed by atoms with Gasteiger partial charge in [-0.05, 0) is 43.5 Å². The van der Waals surface area contributed by atoms with Crippen molar-refractivity contribution in [2.45, 2.75) is 25.7 Å². The summed E-state index contributed by atoms with van der Waals surface area (Å²) in [7, 11) is 0. The van der Waals surface area contributed by atoms with Crippen molar-refractivity contribution in [3.05, 3.63) is 64.6 Å². The molecule has 1 aromatic heterocycles. The van der Waals surface area contributed by atoms with Gasteiger partial charge in [0.05, 0.1) is 11.6 Å². The number of anilines is 2. The molecule has 4 amide bonds. The molecule has 0 bridgehead atoms. The van der Waals surface area contributed by atoms with Gasteiger partial charge in [-0.3, -0.25) is 4.79 Å². The van der Waals surface area contributed by atoms with Crippen LogP contribution >= 0.6 is 11.3 Å². The number of aromatic nitrogens is 1. The number of hydrogen-bond donors (Lipinski definition) is 3. The molecule has 1 aliphatic heterocycles. The first kappa shape index (κ1) is 24.2. The van der Waals surface area contributed by atoms with Crippen molar-refractivity contribution in [1.82, 2.24) is 15.2 Å². The van der Waals surface area contributed by atoms with E-state index in [1.165, 1.54) is 11.3 Å². The van der Waals surface area contributed by atoms with Gasteiger partial charge in [0.1, 0.15) is 5.69 Å². The summed E-state index contributed by atoms with van der Waals surface area (Å²) in [5, 5.41) is 7.82. The van der Waals surface area contributed by atoms with E-state index < -0.39 is 12.1 Å². The second kappa shape index (κ2) is 11.0. The maximum atomic E-state index is 13.0. The van der Waals surface area contributed by atoms with Crippen LogP contribution in [-0.2, 0) is 4.74 Å². The number of likely N-dealkylation sites (tertiary alicyclic amines) is 1. The Morgan fingerprint density at radius 3 is 2.54 bits per heavy atom. The van der Waals surface area contributed by atoms with Gasteiger partial charge in [0.25, 0.3) is 5.91 Å². The molecular formula is C25H27N5O4S. The number of benzene rings is 2. The molecule has 0 spiro atoms. The van der Waals surface area contributed by atoms with Crippen LogP contribution in [0.4, 0.5) is 21.0 Å². The summed E-state index contributed by atoms with van der Waals surface area (Å²) in [6.45, 7) is 2.86. The fraction of sp³-hybridized carbons (Fsp3) is 0.280. The van der Waals surface area contributed by atoms with E-state index in [2.05, 4.69) is 15.6 Å². The van der Waals surface area contributed by atoms with E-state index in [0.29, 0.717) is 43.0 Å². The molecular weight excluding hydrogens is 466 g/mol. The lowest BCUT2D eigenvalue weighted by Crippen LogP contribution is -2.46. The summed E-state index contributed by atoms with van der Waals surface area (Å²) in [4.78, 5) is 42.8. The summed E-state index contributed by atoms with van der Waals surface area (Å²) in [5.74, 6) is -0.128. The molecule has 182 valence electrons. The lowest BCUT2D eigenvalue weighted by Gasteiger charge is -2.30. The number of nitrogen functional groups attached to an aromatic ring is 1. The zero-order chi connectivity index (χ0) is 24.8. The molecule has 9 nitrogen and oxygen atoms in total. The Labute approximate surface area is 207 Å². The molecule has 1 saturated heterocycles. The number of nitrogens with zero attached hydrogens (tertiary/aromatic N) is 2. The molecule has 1 aliphatic rings. The molecule has 4 N–H and O–H groups in total. The molecule has 0 radical (unpaired) electrons. The van der Waals surface area contributed by atoms with E-state index in [9.17, 15) is 14.4 Å². The highest BCUT2D eigenvalue weighted by Gasteiger charge is 2.27. The van der Waals surface area contributed by atoms with Crippen LogP contribution in [0.5, 0.6) is 0 Å². The van der Waals surface area contributed by atoms with Gasteiger partial charge in [-0.1, -0.05) is 30.3 Å². The first-order valence-electron chi connectivity index (χ1n) is 11.4. The van der Waals surface area contributed by atoms with E-state index >= 15 is 0 Å². The van der Waals surface area contributed by atoms with Gasteiger partial charge in [-0.2, -0.15) is 0 Å². The normalized spacial score (nSPS) is 13.8. The lowest BCUT2D eigenvalue weighted by atomic mass is 9.98. The number of urea groups is 1. The third-order valence-electron chi connectivity index (χ3n) is 5.77. The highest BCUT2D eigenvalue weighted by molar-refractivity contribution is 7.10. The largest absolute Gasteiger partial charge is 0.450 e. The third kappa shape index (κ3) is 5.96. The molecule has 4 rings (SSSR count). The topological polar surface area (TPSA) is 127 Å². The molecule has 3 aromatic rings. The number of imide groups is 1. The zero-order valence-corrected chi connectivity index (χ0v) is 20.1. The average molecular weight is 494 g/mol. The molecule has 0 atom stereocenters.